The number of aryl methyl sites for hydroxylation is 1. The Balaban J connectivity index is 1.74. The molecule has 2 aliphatic heterocycles. The zero-order chi connectivity index (χ0) is 22.5. The fourth-order valence-electron chi connectivity index (χ4n) is 3.34. The zero-order valence-corrected chi connectivity index (χ0v) is 17.4. The van der Waals surface area contributed by atoms with Crippen LogP contribution in [-0.2, 0) is 4.79 Å². The summed E-state index contributed by atoms with van der Waals surface area (Å²) >= 11 is 0.224. The molecule has 0 spiro atoms. The second-order valence-electron chi connectivity index (χ2n) is 6.79. The lowest BCUT2D eigenvalue weighted by Gasteiger charge is -2.20. The van der Waals surface area contributed by atoms with Gasteiger partial charge in [0.1, 0.15) is 5.75 Å². The van der Waals surface area contributed by atoms with E-state index in [1.54, 1.807) is 7.11 Å². The smallest absolute Gasteiger partial charge is 0.441 e. The Bertz CT molecular complexity index is 1210. The molecule has 1 aromatic heterocycles. The number of methoxy groups -OCH3 is 1. The molecule has 0 fully saturated rings. The van der Waals surface area contributed by atoms with Crippen molar-refractivity contribution in [1.82, 2.24) is 9.58 Å². The summed E-state index contributed by atoms with van der Waals surface area (Å²) in [6.07, 6.45) is -3.23. The number of thioether (sulfide) groups is 1. The predicted octanol–water partition coefficient (Wildman–Crippen LogP) is 4.28. The molecular formula is C20H16F3N5O2S. The van der Waals surface area contributed by atoms with Crippen LogP contribution in [0.15, 0.2) is 46.0 Å². The summed E-state index contributed by atoms with van der Waals surface area (Å²) in [7, 11) is 1.57. The number of hydrogen-bond acceptors (Lipinski definition) is 5. The van der Waals surface area contributed by atoms with E-state index in [-0.39, 0.29) is 22.5 Å². The van der Waals surface area contributed by atoms with Crippen molar-refractivity contribution in [2.45, 2.75) is 20.0 Å². The first-order valence-electron chi connectivity index (χ1n) is 9.01. The van der Waals surface area contributed by atoms with Gasteiger partial charge in [0.05, 0.1) is 12.7 Å². The van der Waals surface area contributed by atoms with E-state index in [9.17, 15) is 18.0 Å². The zero-order valence-electron chi connectivity index (χ0n) is 16.6. The van der Waals surface area contributed by atoms with Gasteiger partial charge >= 0.3 is 6.18 Å². The highest BCUT2D eigenvalue weighted by atomic mass is 32.2. The number of carbonyl (C=O) groups is 1. The maximum absolute atomic E-state index is 13.0. The number of benzene rings is 1. The molecule has 3 heterocycles. The number of nitrogens with one attached hydrogen (secondary N) is 1. The van der Waals surface area contributed by atoms with Crippen LogP contribution in [0, 0.1) is 19.3 Å². The van der Waals surface area contributed by atoms with Crippen molar-refractivity contribution in [1.29, 1.82) is 5.41 Å². The molecule has 11 heteroatoms. The van der Waals surface area contributed by atoms with Crippen LogP contribution in [0.3, 0.4) is 0 Å². The van der Waals surface area contributed by atoms with Gasteiger partial charge in [0.2, 0.25) is 10.2 Å². The molecule has 2 aliphatic rings. The average Bonchev–Trinajstić information content (AvgIpc) is 3.26. The van der Waals surface area contributed by atoms with E-state index in [0.717, 1.165) is 22.1 Å². The minimum absolute atomic E-state index is 0.137. The van der Waals surface area contributed by atoms with Gasteiger partial charge < -0.3 is 9.30 Å². The van der Waals surface area contributed by atoms with E-state index in [1.807, 2.05) is 48.7 Å². The van der Waals surface area contributed by atoms with E-state index >= 15 is 0 Å². The summed E-state index contributed by atoms with van der Waals surface area (Å²) in [6.45, 7) is 3.73. The van der Waals surface area contributed by atoms with Crippen LogP contribution < -0.4 is 4.74 Å². The number of ether oxygens (including phenoxy) is 1. The van der Waals surface area contributed by atoms with Crippen LogP contribution in [0.4, 0.5) is 13.2 Å². The molecule has 4 rings (SSSR count). The molecule has 0 radical (unpaired) electrons. The first kappa shape index (κ1) is 20.9. The molecule has 0 aliphatic carbocycles. The number of amidine groups is 2. The van der Waals surface area contributed by atoms with Crippen molar-refractivity contribution >= 4 is 39.8 Å². The van der Waals surface area contributed by atoms with Gasteiger partial charge in [0, 0.05) is 23.1 Å². The Morgan fingerprint density at radius 1 is 1.23 bits per heavy atom. The summed E-state index contributed by atoms with van der Waals surface area (Å²) in [4.78, 5) is 16.2. The number of hydrogen-bond donors (Lipinski definition) is 1. The van der Waals surface area contributed by atoms with Gasteiger partial charge in [-0.3, -0.25) is 10.2 Å². The fraction of sp³-hybridized carbons (Fsp3) is 0.200. The number of aliphatic imine (C=N–C) groups is 1. The van der Waals surface area contributed by atoms with Crippen molar-refractivity contribution in [2.75, 3.05) is 7.11 Å². The number of carbonyl (C=O) groups excluding carboxylic acids is 1. The standard InChI is InChI=1S/C20H16F3N5O2S/c1-10-7-12(11(2)27(10)13-5-4-6-14(9-13)30-3)8-15-16(24)28-19(25-17(15)29)31-18(26-28)20(21,22)23/h4-9,24H,1-3H3/b15-8-,24-16?. The highest BCUT2D eigenvalue weighted by molar-refractivity contribution is 8.27. The summed E-state index contributed by atoms with van der Waals surface area (Å²) in [5.74, 6) is -0.553. The average molecular weight is 447 g/mol. The summed E-state index contributed by atoms with van der Waals surface area (Å²) < 4.78 is 46.1. The lowest BCUT2D eigenvalue weighted by atomic mass is 10.1. The normalized spacial score (nSPS) is 17.7. The number of rotatable bonds is 3. The first-order chi connectivity index (χ1) is 14.6. The number of alkyl halides is 3. The second kappa shape index (κ2) is 7.41. The highest BCUT2D eigenvalue weighted by Crippen LogP contribution is 2.35. The molecule has 7 nitrogen and oxygen atoms in total. The number of aromatic nitrogens is 1. The van der Waals surface area contributed by atoms with Crippen molar-refractivity contribution in [2.24, 2.45) is 10.1 Å². The molecule has 2 aromatic rings. The van der Waals surface area contributed by atoms with E-state index in [4.69, 9.17) is 10.1 Å². The molecule has 1 N–H and O–H groups in total. The molecule has 0 atom stereocenters. The highest BCUT2D eigenvalue weighted by Gasteiger charge is 2.46. The Hall–Kier alpha value is -3.34. The second-order valence-corrected chi connectivity index (χ2v) is 7.74. The number of fused-ring (bicyclic) bond motifs is 1. The molecule has 160 valence electrons. The summed E-state index contributed by atoms with van der Waals surface area (Å²) in [5.41, 5.74) is 3.00. The van der Waals surface area contributed by atoms with E-state index in [2.05, 4.69) is 10.1 Å². The molecule has 0 saturated heterocycles. The largest absolute Gasteiger partial charge is 0.497 e. The van der Waals surface area contributed by atoms with Gasteiger partial charge in [-0.1, -0.05) is 6.07 Å². The predicted molar refractivity (Wildman–Crippen MR) is 113 cm³/mol. The molecule has 1 aromatic carbocycles. The molecule has 31 heavy (non-hydrogen) atoms. The van der Waals surface area contributed by atoms with Crippen molar-refractivity contribution in [3.05, 3.63) is 52.9 Å². The summed E-state index contributed by atoms with van der Waals surface area (Å²) in [6, 6.07) is 9.25. The minimum Gasteiger partial charge on any atom is -0.497 e. The first-order valence-corrected chi connectivity index (χ1v) is 9.82. The van der Waals surface area contributed by atoms with Crippen LogP contribution in [-0.4, -0.2) is 44.8 Å². The van der Waals surface area contributed by atoms with Crippen LogP contribution in [0.1, 0.15) is 17.0 Å². The maximum Gasteiger partial charge on any atom is 0.441 e. The number of hydrazone groups is 1. The van der Waals surface area contributed by atoms with Gasteiger partial charge in [-0.15, -0.1) is 0 Å². The Labute approximate surface area is 179 Å². The molecule has 1 amide bonds. The van der Waals surface area contributed by atoms with Gasteiger partial charge in [-0.2, -0.15) is 28.3 Å². The molecular weight excluding hydrogens is 431 g/mol. The topological polar surface area (TPSA) is 83.0 Å². The van der Waals surface area contributed by atoms with Gasteiger partial charge in [0.25, 0.3) is 5.91 Å². The van der Waals surface area contributed by atoms with Gasteiger partial charge in [-0.25, -0.2) is 0 Å². The third-order valence-electron chi connectivity index (χ3n) is 4.78. The Morgan fingerprint density at radius 3 is 2.65 bits per heavy atom. The lowest BCUT2D eigenvalue weighted by Crippen LogP contribution is -2.35. The van der Waals surface area contributed by atoms with E-state index in [0.29, 0.717) is 11.3 Å². The molecule has 0 unspecified atom stereocenters. The molecule has 0 bridgehead atoms. The van der Waals surface area contributed by atoms with E-state index in [1.165, 1.54) is 6.08 Å². The summed E-state index contributed by atoms with van der Waals surface area (Å²) in [5, 5.41) is 11.0. The Morgan fingerprint density at radius 2 is 1.97 bits per heavy atom. The third-order valence-corrected chi connectivity index (χ3v) is 5.73. The monoisotopic (exact) mass is 447 g/mol. The van der Waals surface area contributed by atoms with Gasteiger partial charge in [0.15, 0.2) is 5.84 Å². The van der Waals surface area contributed by atoms with Crippen molar-refractivity contribution < 1.29 is 22.7 Å². The van der Waals surface area contributed by atoms with E-state index < -0.39 is 23.0 Å². The molecule has 0 saturated carbocycles. The number of amides is 1. The van der Waals surface area contributed by atoms with Crippen LogP contribution >= 0.6 is 11.8 Å². The SMILES string of the molecule is COc1cccc(-n2c(C)cc(/C=C3/C(=N)N4N=C(C(F)(F)F)SC4=NC3=O)c2C)c1. The fourth-order valence-corrected chi connectivity index (χ4v) is 4.10. The van der Waals surface area contributed by atoms with Crippen molar-refractivity contribution in [3.8, 4) is 11.4 Å². The van der Waals surface area contributed by atoms with Gasteiger partial charge in [-0.05, 0) is 55.4 Å². The third kappa shape index (κ3) is 3.65. The van der Waals surface area contributed by atoms with Crippen LogP contribution in [0.5, 0.6) is 5.75 Å². The minimum atomic E-state index is -4.68. The Kier molecular flexibility index (Phi) is 5.00. The number of nitrogens with zero attached hydrogens (tertiary/aromatic N) is 4. The number of halogens is 3. The quantitative estimate of drug-likeness (QED) is 0.712. The van der Waals surface area contributed by atoms with Crippen molar-refractivity contribution in [3.63, 3.8) is 0 Å². The maximum atomic E-state index is 13.0. The van der Waals surface area contributed by atoms with Crippen LogP contribution in [0.2, 0.25) is 0 Å². The van der Waals surface area contributed by atoms with Crippen LogP contribution in [0.25, 0.3) is 11.8 Å². The lowest BCUT2D eigenvalue weighted by molar-refractivity contribution is -0.114.